The first kappa shape index (κ1) is 12.5. The van der Waals surface area contributed by atoms with Gasteiger partial charge in [0.1, 0.15) is 5.01 Å². The third-order valence-electron chi connectivity index (χ3n) is 2.25. The zero-order chi connectivity index (χ0) is 12.4. The third kappa shape index (κ3) is 3.01. The van der Waals surface area contributed by atoms with E-state index in [4.69, 9.17) is 0 Å². The molecule has 0 fully saturated rings. The zero-order valence-corrected chi connectivity index (χ0v) is 11.7. The molecule has 0 aliphatic rings. The number of aryl methyl sites for hydroxylation is 1. The van der Waals surface area contributed by atoms with E-state index in [0.29, 0.717) is 16.0 Å². The molecule has 17 heavy (non-hydrogen) atoms. The molecule has 0 amide bonds. The molecule has 0 spiro atoms. The quantitative estimate of drug-likeness (QED) is 0.839. The Labute approximate surface area is 110 Å². The fraction of sp³-hybridized carbons (Fsp3) is 0.308. The maximum Gasteiger partial charge on any atom is 0.195 e. The predicted octanol–water partition coefficient (Wildman–Crippen LogP) is 4.32. The van der Waals surface area contributed by atoms with Crippen molar-refractivity contribution in [2.24, 2.45) is 0 Å². The van der Waals surface area contributed by atoms with Crippen molar-refractivity contribution in [3.8, 4) is 15.6 Å². The van der Waals surface area contributed by atoms with E-state index in [9.17, 15) is 5.11 Å². The van der Waals surface area contributed by atoms with Crippen LogP contribution in [-0.2, 0) is 0 Å². The molecule has 0 saturated carbocycles. The molecule has 0 saturated heterocycles. The largest absolute Gasteiger partial charge is 0.498 e. The summed E-state index contributed by atoms with van der Waals surface area (Å²) in [5.41, 5.74) is 1.76. The van der Waals surface area contributed by atoms with Crippen LogP contribution in [0.25, 0.3) is 10.6 Å². The van der Waals surface area contributed by atoms with Crippen LogP contribution in [0.5, 0.6) is 5.06 Å². The highest BCUT2D eigenvalue weighted by Crippen LogP contribution is 2.33. The van der Waals surface area contributed by atoms with Gasteiger partial charge in [-0.25, -0.2) is 4.98 Å². The molecule has 1 heterocycles. The number of rotatable bonds is 3. The van der Waals surface area contributed by atoms with Crippen molar-refractivity contribution in [2.75, 3.05) is 0 Å². The van der Waals surface area contributed by atoms with Crippen LogP contribution in [0.4, 0.5) is 0 Å². The summed E-state index contributed by atoms with van der Waals surface area (Å²) in [6, 6.07) is 8.33. The van der Waals surface area contributed by atoms with Gasteiger partial charge in [0.15, 0.2) is 5.06 Å². The SMILES string of the molecule is Cc1nc(-c2ccc(SC(C)C)cc2)sc1O. The minimum atomic E-state index is 0.306. The summed E-state index contributed by atoms with van der Waals surface area (Å²) < 4.78 is 0. The molecular weight excluding hydrogens is 250 g/mol. The molecule has 0 atom stereocenters. The molecule has 4 heteroatoms. The van der Waals surface area contributed by atoms with Crippen molar-refractivity contribution >= 4 is 23.1 Å². The second-order valence-corrected chi connectivity index (χ2v) is 6.73. The number of hydrogen-bond donors (Lipinski definition) is 1. The van der Waals surface area contributed by atoms with E-state index in [1.54, 1.807) is 0 Å². The van der Waals surface area contributed by atoms with Gasteiger partial charge in [0, 0.05) is 15.7 Å². The Morgan fingerprint density at radius 1 is 1.24 bits per heavy atom. The summed E-state index contributed by atoms with van der Waals surface area (Å²) in [4.78, 5) is 5.60. The van der Waals surface area contributed by atoms with E-state index < -0.39 is 0 Å². The van der Waals surface area contributed by atoms with E-state index in [-0.39, 0.29) is 0 Å². The summed E-state index contributed by atoms with van der Waals surface area (Å²) >= 11 is 3.17. The fourth-order valence-corrected chi connectivity index (χ4v) is 3.11. The monoisotopic (exact) mass is 265 g/mol. The summed E-state index contributed by atoms with van der Waals surface area (Å²) in [6.45, 7) is 6.18. The summed E-state index contributed by atoms with van der Waals surface area (Å²) in [5, 5.41) is 11.3. The van der Waals surface area contributed by atoms with Gasteiger partial charge in [-0.1, -0.05) is 37.3 Å². The third-order valence-corrected chi connectivity index (χ3v) is 4.27. The van der Waals surface area contributed by atoms with Crippen LogP contribution in [0, 0.1) is 6.92 Å². The topological polar surface area (TPSA) is 33.1 Å². The average molecular weight is 265 g/mol. The Kier molecular flexibility index (Phi) is 3.74. The Morgan fingerprint density at radius 3 is 2.35 bits per heavy atom. The molecular formula is C13H15NOS2. The van der Waals surface area contributed by atoms with Gasteiger partial charge < -0.3 is 5.11 Å². The van der Waals surface area contributed by atoms with Gasteiger partial charge in [0.25, 0.3) is 0 Å². The molecule has 2 rings (SSSR count). The normalized spacial score (nSPS) is 11.1. The molecule has 1 aromatic carbocycles. The zero-order valence-electron chi connectivity index (χ0n) is 10.1. The van der Waals surface area contributed by atoms with E-state index in [0.717, 1.165) is 10.6 Å². The second kappa shape index (κ2) is 5.10. The maximum atomic E-state index is 9.53. The van der Waals surface area contributed by atoms with Crippen LogP contribution in [0.1, 0.15) is 19.5 Å². The van der Waals surface area contributed by atoms with Crippen LogP contribution in [0.15, 0.2) is 29.2 Å². The summed E-state index contributed by atoms with van der Waals surface area (Å²) in [7, 11) is 0. The molecule has 2 aromatic rings. The minimum Gasteiger partial charge on any atom is -0.498 e. The maximum absolute atomic E-state index is 9.53. The lowest BCUT2D eigenvalue weighted by Crippen LogP contribution is -1.85. The lowest BCUT2D eigenvalue weighted by Gasteiger charge is -2.04. The number of aromatic hydroxyl groups is 1. The lowest BCUT2D eigenvalue weighted by atomic mass is 10.2. The Balaban J connectivity index is 2.23. The summed E-state index contributed by atoms with van der Waals surface area (Å²) in [5.74, 6) is 0. The number of thioether (sulfide) groups is 1. The second-order valence-electron chi connectivity index (χ2n) is 4.10. The number of nitrogens with zero attached hydrogens (tertiary/aromatic N) is 1. The average Bonchev–Trinajstić information content (AvgIpc) is 2.59. The number of hydrogen-bond acceptors (Lipinski definition) is 4. The standard InChI is InChI=1S/C13H15NOS2/c1-8(2)16-11-6-4-10(5-7-11)12-14-9(3)13(15)17-12/h4-8,15H,1-3H3. The van der Waals surface area contributed by atoms with Crippen molar-refractivity contribution in [2.45, 2.75) is 30.9 Å². The summed E-state index contributed by atoms with van der Waals surface area (Å²) in [6.07, 6.45) is 0. The van der Waals surface area contributed by atoms with Gasteiger partial charge in [-0.3, -0.25) is 0 Å². The van der Waals surface area contributed by atoms with Gasteiger partial charge in [0.05, 0.1) is 5.69 Å². The highest BCUT2D eigenvalue weighted by Gasteiger charge is 2.08. The molecule has 0 aliphatic heterocycles. The van der Waals surface area contributed by atoms with E-state index >= 15 is 0 Å². The number of aromatic nitrogens is 1. The molecule has 0 unspecified atom stereocenters. The first-order valence-electron chi connectivity index (χ1n) is 5.49. The highest BCUT2D eigenvalue weighted by atomic mass is 32.2. The van der Waals surface area contributed by atoms with E-state index in [1.165, 1.54) is 16.2 Å². The van der Waals surface area contributed by atoms with Crippen LogP contribution in [0.2, 0.25) is 0 Å². The van der Waals surface area contributed by atoms with Gasteiger partial charge in [0.2, 0.25) is 0 Å². The molecule has 90 valence electrons. The van der Waals surface area contributed by atoms with E-state index in [1.807, 2.05) is 18.7 Å². The Bertz CT molecular complexity index is 483. The van der Waals surface area contributed by atoms with Gasteiger partial charge in [-0.2, -0.15) is 0 Å². The number of benzene rings is 1. The van der Waals surface area contributed by atoms with Crippen molar-refractivity contribution in [3.63, 3.8) is 0 Å². The molecule has 0 bridgehead atoms. The van der Waals surface area contributed by atoms with Crippen LogP contribution in [0.3, 0.4) is 0 Å². The lowest BCUT2D eigenvalue weighted by molar-refractivity contribution is 0.485. The van der Waals surface area contributed by atoms with Crippen LogP contribution < -0.4 is 0 Å². The van der Waals surface area contributed by atoms with Crippen molar-refractivity contribution < 1.29 is 5.11 Å². The van der Waals surface area contributed by atoms with Crippen molar-refractivity contribution in [3.05, 3.63) is 30.0 Å². The van der Waals surface area contributed by atoms with Crippen molar-refractivity contribution in [1.82, 2.24) is 4.98 Å². The van der Waals surface area contributed by atoms with E-state index in [2.05, 4.69) is 43.1 Å². The molecule has 2 nitrogen and oxygen atoms in total. The van der Waals surface area contributed by atoms with Gasteiger partial charge >= 0.3 is 0 Å². The smallest absolute Gasteiger partial charge is 0.195 e. The highest BCUT2D eigenvalue weighted by molar-refractivity contribution is 7.99. The van der Waals surface area contributed by atoms with Crippen LogP contribution in [-0.4, -0.2) is 15.3 Å². The predicted molar refractivity (Wildman–Crippen MR) is 74.9 cm³/mol. The minimum absolute atomic E-state index is 0.306. The number of thiazole rings is 1. The molecule has 0 aliphatic carbocycles. The molecule has 1 aromatic heterocycles. The fourth-order valence-electron chi connectivity index (χ4n) is 1.46. The van der Waals surface area contributed by atoms with Crippen molar-refractivity contribution in [1.29, 1.82) is 0 Å². The van der Waals surface area contributed by atoms with Gasteiger partial charge in [-0.05, 0) is 19.1 Å². The van der Waals surface area contributed by atoms with Crippen LogP contribution >= 0.6 is 23.1 Å². The first-order chi connectivity index (χ1) is 8.06. The first-order valence-corrected chi connectivity index (χ1v) is 7.19. The van der Waals surface area contributed by atoms with Gasteiger partial charge in [-0.15, -0.1) is 11.8 Å². The molecule has 0 radical (unpaired) electrons. The Hall–Kier alpha value is -1.00. The Morgan fingerprint density at radius 2 is 1.88 bits per heavy atom. The molecule has 1 N–H and O–H groups in total.